The van der Waals surface area contributed by atoms with E-state index >= 15 is 0 Å². The lowest BCUT2D eigenvalue weighted by Crippen LogP contribution is -2.28. The number of carbonyl (C=O) groups excluding carboxylic acids is 1. The molecule has 0 N–H and O–H groups in total. The molecule has 128 valence electrons. The molecule has 0 amide bonds. The second-order valence-corrected chi connectivity index (χ2v) is 8.57. The average molecular weight is 360 g/mol. The van der Waals surface area contributed by atoms with Crippen LogP contribution in [0, 0.1) is 6.92 Å². The lowest BCUT2D eigenvalue weighted by molar-refractivity contribution is -0.00156. The number of rotatable bonds is 5. The third kappa shape index (κ3) is 3.21. The van der Waals surface area contributed by atoms with E-state index < -0.39 is 12.9 Å². The minimum Gasteiger partial charge on any atom is -0.360 e. The maximum atomic E-state index is 14.1. The first kappa shape index (κ1) is 17.8. The van der Waals surface area contributed by atoms with Gasteiger partial charge in [-0.05, 0) is 6.92 Å². The van der Waals surface area contributed by atoms with Gasteiger partial charge in [0.15, 0.2) is 0 Å². The summed E-state index contributed by atoms with van der Waals surface area (Å²) in [5.41, 5.74) is 10.6. The largest absolute Gasteiger partial charge is 0.402 e. The van der Waals surface area contributed by atoms with Crippen LogP contribution < -0.4 is 10.6 Å². The molecule has 0 heterocycles. The van der Waals surface area contributed by atoms with Gasteiger partial charge in [0.1, 0.15) is 0 Å². The van der Waals surface area contributed by atoms with Crippen LogP contribution in [-0.4, -0.2) is 16.0 Å². The van der Waals surface area contributed by atoms with Crippen molar-refractivity contribution < 1.29 is 14.1 Å². The van der Waals surface area contributed by atoms with E-state index in [0.29, 0.717) is 16.2 Å². The van der Waals surface area contributed by atoms with Gasteiger partial charge in [-0.3, -0.25) is 4.79 Å². The first-order valence-corrected chi connectivity index (χ1v) is 9.83. The van der Waals surface area contributed by atoms with E-state index in [2.05, 4.69) is 4.79 Å². The van der Waals surface area contributed by atoms with Crippen molar-refractivity contribution in [1.29, 1.82) is 0 Å². The Morgan fingerprint density at radius 2 is 1.27 bits per heavy atom. The summed E-state index contributed by atoms with van der Waals surface area (Å²) < 4.78 is 14.1. The van der Waals surface area contributed by atoms with E-state index in [4.69, 9.17) is 0 Å². The normalized spacial score (nSPS) is 10.8. The van der Waals surface area contributed by atoms with Crippen molar-refractivity contribution in [3.05, 3.63) is 102 Å². The lowest BCUT2D eigenvalue weighted by Gasteiger charge is -2.14. The topological polar surface area (TPSA) is 70.5 Å². The summed E-state index contributed by atoms with van der Waals surface area (Å²) in [5.74, 6) is -0.552. The fourth-order valence-electron chi connectivity index (χ4n) is 2.75. The number of carbonyl (C=O) groups is 1. The summed E-state index contributed by atoms with van der Waals surface area (Å²) in [5, 5.41) is 0.888. The smallest absolute Gasteiger partial charge is 0.360 e. The van der Waals surface area contributed by atoms with Crippen LogP contribution in [0.3, 0.4) is 0 Å². The Balaban J connectivity index is 2.21. The third-order valence-electron chi connectivity index (χ3n) is 4.15. The van der Waals surface area contributed by atoms with Crippen molar-refractivity contribution in [1.82, 2.24) is 0 Å². The second-order valence-electron chi connectivity index (χ2n) is 5.90. The van der Waals surface area contributed by atoms with Crippen LogP contribution in [0.25, 0.3) is 5.53 Å². The van der Waals surface area contributed by atoms with Gasteiger partial charge in [-0.15, -0.1) is 0 Å². The molecule has 0 aliphatic carbocycles. The summed E-state index contributed by atoms with van der Waals surface area (Å²) in [6, 6.07) is 24.2. The molecular formula is C21H17N2O2P. The van der Waals surface area contributed by atoms with E-state index in [0.717, 1.165) is 5.56 Å². The molecule has 3 aromatic rings. The molecule has 0 radical (unpaired) electrons. The Kier molecular flexibility index (Phi) is 5.09. The van der Waals surface area contributed by atoms with Crippen molar-refractivity contribution in [2.24, 2.45) is 0 Å². The number of aryl methyl sites for hydroxylation is 1. The van der Waals surface area contributed by atoms with Gasteiger partial charge >= 0.3 is 5.45 Å². The molecule has 3 aromatic carbocycles. The minimum absolute atomic E-state index is 0.329. The van der Waals surface area contributed by atoms with Gasteiger partial charge in [-0.25, -0.2) is 0 Å². The van der Waals surface area contributed by atoms with Crippen LogP contribution >= 0.6 is 7.14 Å². The number of ketones is 1. The van der Waals surface area contributed by atoms with Gasteiger partial charge < -0.3 is 10.1 Å². The van der Waals surface area contributed by atoms with E-state index in [-0.39, 0.29) is 5.45 Å². The lowest BCUT2D eigenvalue weighted by atomic mass is 10.1. The minimum atomic E-state index is -3.62. The zero-order valence-corrected chi connectivity index (χ0v) is 15.1. The quantitative estimate of drug-likeness (QED) is 0.228. The number of nitrogens with zero attached hydrogens (tertiary/aromatic N) is 2. The summed E-state index contributed by atoms with van der Waals surface area (Å²) in [4.78, 5) is 16.2. The molecule has 0 spiro atoms. The fraction of sp³-hybridized carbons (Fsp3) is 0.0476. The Morgan fingerprint density at radius 1 is 0.808 bits per heavy atom. The van der Waals surface area contributed by atoms with Crippen molar-refractivity contribution in [2.45, 2.75) is 6.92 Å². The van der Waals surface area contributed by atoms with E-state index in [1.807, 2.05) is 6.92 Å². The molecule has 0 aliphatic heterocycles. The summed E-state index contributed by atoms with van der Waals surface area (Å²) in [6.07, 6.45) is 0. The number of hydrogen-bond donors (Lipinski definition) is 0. The monoisotopic (exact) mass is 360 g/mol. The summed E-state index contributed by atoms with van der Waals surface area (Å²) in [7, 11) is -3.62. The molecule has 0 bridgehead atoms. The van der Waals surface area contributed by atoms with E-state index in [1.54, 1.807) is 84.9 Å². The van der Waals surface area contributed by atoms with Crippen LogP contribution in [-0.2, 0) is 4.57 Å². The molecule has 0 atom stereocenters. The Labute approximate surface area is 152 Å². The average Bonchev–Trinajstić information content (AvgIpc) is 2.70. The second kappa shape index (κ2) is 7.45. The number of benzene rings is 3. The van der Waals surface area contributed by atoms with Crippen molar-refractivity contribution in [3.8, 4) is 0 Å². The highest BCUT2D eigenvalue weighted by Gasteiger charge is 2.45. The molecule has 4 nitrogen and oxygen atoms in total. The maximum Gasteiger partial charge on any atom is 0.402 e. The zero-order valence-electron chi connectivity index (χ0n) is 14.2. The van der Waals surface area contributed by atoms with Gasteiger partial charge in [0, 0.05) is 16.2 Å². The molecule has 0 fully saturated rings. The molecule has 0 saturated heterocycles. The first-order valence-electron chi connectivity index (χ1n) is 8.12. The highest BCUT2D eigenvalue weighted by Crippen LogP contribution is 2.45. The molecular weight excluding hydrogens is 343 g/mol. The molecule has 0 unspecified atom stereocenters. The molecule has 0 aromatic heterocycles. The van der Waals surface area contributed by atoms with E-state index in [9.17, 15) is 14.9 Å². The zero-order chi connectivity index (χ0) is 18.6. The van der Waals surface area contributed by atoms with Crippen LogP contribution in [0.4, 0.5) is 0 Å². The first-order chi connectivity index (χ1) is 12.6. The highest BCUT2D eigenvalue weighted by molar-refractivity contribution is 7.95. The van der Waals surface area contributed by atoms with Gasteiger partial charge in [-0.1, -0.05) is 90.5 Å². The summed E-state index contributed by atoms with van der Waals surface area (Å²) in [6.45, 7) is 1.91. The van der Waals surface area contributed by atoms with Crippen LogP contribution in [0.1, 0.15) is 15.9 Å². The number of hydrogen-bond acceptors (Lipinski definition) is 2. The third-order valence-corrected chi connectivity index (χ3v) is 7.09. The molecule has 5 heteroatoms. The van der Waals surface area contributed by atoms with Crippen molar-refractivity contribution in [3.63, 3.8) is 0 Å². The van der Waals surface area contributed by atoms with Crippen molar-refractivity contribution >= 4 is 29.0 Å². The van der Waals surface area contributed by atoms with Crippen LogP contribution in [0.15, 0.2) is 84.9 Å². The van der Waals surface area contributed by atoms with Crippen LogP contribution in [0.2, 0.25) is 0 Å². The molecule has 0 saturated carbocycles. The van der Waals surface area contributed by atoms with Gasteiger partial charge in [0.05, 0.1) is 0 Å². The van der Waals surface area contributed by atoms with Gasteiger partial charge in [0.2, 0.25) is 0 Å². The van der Waals surface area contributed by atoms with Crippen LogP contribution in [0.5, 0.6) is 0 Å². The Morgan fingerprint density at radius 3 is 1.69 bits per heavy atom. The van der Waals surface area contributed by atoms with Gasteiger partial charge in [-0.2, -0.15) is 4.79 Å². The predicted octanol–water partition coefficient (Wildman–Crippen LogP) is 3.82. The Bertz CT molecular complexity index is 979. The van der Waals surface area contributed by atoms with Crippen molar-refractivity contribution in [2.75, 3.05) is 0 Å². The molecule has 3 rings (SSSR count). The molecule has 0 aliphatic rings. The standard InChI is InChI=1S/C21H17N2O2P/c1-16-12-14-17(15-13-16)20(24)21(23-22)26(25,18-8-4-2-5-9-18)19-10-6-3-7-11-19/h2-15H,1H3. The summed E-state index contributed by atoms with van der Waals surface area (Å²) >= 11 is 0. The SMILES string of the molecule is Cc1ccc(C(=O)C(=[N+]=[N-])P(=O)(c2ccccc2)c2ccccc2)cc1. The maximum absolute atomic E-state index is 14.1. The molecule has 26 heavy (non-hydrogen) atoms. The predicted molar refractivity (Wildman–Crippen MR) is 104 cm³/mol. The number of Topliss-reactive ketones (excluding diaryl/α,β-unsaturated/α-hetero) is 1. The van der Waals surface area contributed by atoms with E-state index in [1.165, 1.54) is 0 Å². The highest BCUT2D eigenvalue weighted by atomic mass is 31.2. The van der Waals surface area contributed by atoms with Gasteiger partial charge in [0.25, 0.3) is 12.9 Å². The Hall–Kier alpha value is -3.06. The fourth-order valence-corrected chi connectivity index (χ4v) is 5.27.